The molecule has 0 N–H and O–H groups in total. The van der Waals surface area contributed by atoms with Gasteiger partial charge in [-0.1, -0.05) is 6.07 Å². The van der Waals surface area contributed by atoms with Crippen LogP contribution in [-0.2, 0) is 0 Å². The minimum atomic E-state index is -0.0200. The van der Waals surface area contributed by atoms with Crippen LogP contribution < -0.4 is 0 Å². The summed E-state index contributed by atoms with van der Waals surface area (Å²) in [5, 5.41) is 18.1. The molecule has 0 amide bonds. The monoisotopic (exact) mass is 297 g/mol. The number of imidazole rings is 1. The summed E-state index contributed by atoms with van der Waals surface area (Å²) in [5.74, 6) is 0. The van der Waals surface area contributed by atoms with E-state index in [2.05, 4.69) is 19.9 Å². The molecule has 0 radical (unpaired) electrons. The van der Waals surface area contributed by atoms with Crippen molar-refractivity contribution < 1.29 is 0 Å². The van der Waals surface area contributed by atoms with Crippen molar-refractivity contribution in [1.82, 2.24) is 24.3 Å². The lowest BCUT2D eigenvalue weighted by Crippen LogP contribution is -1.96. The van der Waals surface area contributed by atoms with Gasteiger partial charge in [0, 0.05) is 18.0 Å². The molecule has 0 aliphatic heterocycles. The number of hydrogen-bond donors (Lipinski definition) is 0. The second kappa shape index (κ2) is 4.86. The van der Waals surface area contributed by atoms with Gasteiger partial charge in [-0.05, 0) is 24.3 Å². The third kappa shape index (κ3) is 1.96. The summed E-state index contributed by atoms with van der Waals surface area (Å²) in [6.07, 6.45) is 3.53. The average molecular weight is 297 g/mol. The Balaban J connectivity index is 1.99. The van der Waals surface area contributed by atoms with Gasteiger partial charge in [0.15, 0.2) is 22.7 Å². The molecule has 0 atom stereocenters. The van der Waals surface area contributed by atoms with Crippen LogP contribution in [0.5, 0.6) is 0 Å². The van der Waals surface area contributed by atoms with Gasteiger partial charge >= 0.3 is 0 Å². The van der Waals surface area contributed by atoms with Crippen molar-refractivity contribution in [3.63, 3.8) is 0 Å². The van der Waals surface area contributed by atoms with E-state index in [0.29, 0.717) is 16.9 Å². The van der Waals surface area contributed by atoms with Crippen molar-refractivity contribution in [3.8, 4) is 23.4 Å². The molecule has 4 aromatic heterocycles. The Kier molecular flexibility index (Phi) is 2.72. The Morgan fingerprint density at radius 3 is 2.52 bits per heavy atom. The van der Waals surface area contributed by atoms with E-state index in [4.69, 9.17) is 10.5 Å². The maximum atomic E-state index is 9.07. The summed E-state index contributed by atoms with van der Waals surface area (Å²) in [5.41, 5.74) is 3.13. The first-order valence-corrected chi connectivity index (χ1v) is 6.71. The molecule has 0 saturated carbocycles. The molecular weight excluding hydrogens is 290 g/mol. The molecule has 7 nitrogen and oxygen atoms in total. The fourth-order valence-electron chi connectivity index (χ4n) is 2.36. The van der Waals surface area contributed by atoms with Gasteiger partial charge in [-0.15, -0.1) is 0 Å². The molecule has 4 rings (SSSR count). The van der Waals surface area contributed by atoms with Crippen LogP contribution in [0.3, 0.4) is 0 Å². The summed E-state index contributed by atoms with van der Waals surface area (Å²) in [7, 11) is 0. The van der Waals surface area contributed by atoms with Crippen LogP contribution in [0, 0.1) is 22.7 Å². The van der Waals surface area contributed by atoms with Crippen LogP contribution >= 0.6 is 0 Å². The lowest BCUT2D eigenvalue weighted by atomic mass is 10.2. The van der Waals surface area contributed by atoms with E-state index in [1.807, 2.05) is 42.5 Å². The maximum Gasteiger partial charge on any atom is 0.199 e. The fraction of sp³-hybridized carbons (Fsp3) is 0. The summed E-state index contributed by atoms with van der Waals surface area (Å²) < 4.78 is 1.73. The van der Waals surface area contributed by atoms with E-state index in [0.717, 1.165) is 11.3 Å². The smallest absolute Gasteiger partial charge is 0.199 e. The molecule has 7 heteroatoms. The van der Waals surface area contributed by atoms with Crippen LogP contribution in [0.1, 0.15) is 11.4 Å². The van der Waals surface area contributed by atoms with Gasteiger partial charge in [-0.3, -0.25) is 9.38 Å². The number of pyridine rings is 2. The normalized spacial score (nSPS) is 10.5. The highest BCUT2D eigenvalue weighted by atomic mass is 15.1. The Labute approximate surface area is 130 Å². The van der Waals surface area contributed by atoms with E-state index in [1.165, 1.54) is 0 Å². The second-order valence-electron chi connectivity index (χ2n) is 4.76. The third-order valence-corrected chi connectivity index (χ3v) is 3.42. The Bertz CT molecular complexity index is 1130. The number of aromatic nitrogens is 5. The average Bonchev–Trinajstić information content (AvgIpc) is 2.97. The van der Waals surface area contributed by atoms with Gasteiger partial charge in [0.05, 0.1) is 5.69 Å². The van der Waals surface area contributed by atoms with E-state index in [-0.39, 0.29) is 11.4 Å². The SMILES string of the molecule is N#Cc1nc2nc3cc(-c4ccccn4)ccn3c2nc1C#N. The molecule has 0 saturated heterocycles. The molecule has 0 spiro atoms. The Morgan fingerprint density at radius 1 is 0.957 bits per heavy atom. The largest absolute Gasteiger partial charge is 0.283 e. The third-order valence-electron chi connectivity index (χ3n) is 3.42. The van der Waals surface area contributed by atoms with Crippen molar-refractivity contribution in [2.75, 3.05) is 0 Å². The molecule has 0 bridgehead atoms. The van der Waals surface area contributed by atoms with Crippen LogP contribution in [0.25, 0.3) is 28.2 Å². The molecule has 0 aliphatic carbocycles. The molecule has 0 unspecified atom stereocenters. The topological polar surface area (TPSA) is 104 Å². The molecule has 0 fully saturated rings. The zero-order valence-corrected chi connectivity index (χ0v) is 11.7. The summed E-state index contributed by atoms with van der Waals surface area (Å²) in [6, 6.07) is 13.2. The minimum absolute atomic E-state index is 0.00407. The van der Waals surface area contributed by atoms with Crippen LogP contribution in [0.15, 0.2) is 42.7 Å². The van der Waals surface area contributed by atoms with Crippen LogP contribution in [-0.4, -0.2) is 24.3 Å². The van der Waals surface area contributed by atoms with Gasteiger partial charge in [0.2, 0.25) is 0 Å². The van der Waals surface area contributed by atoms with Crippen molar-refractivity contribution in [3.05, 3.63) is 54.1 Å². The van der Waals surface area contributed by atoms with Gasteiger partial charge in [0.1, 0.15) is 17.8 Å². The van der Waals surface area contributed by atoms with E-state index in [1.54, 1.807) is 16.8 Å². The number of rotatable bonds is 1. The number of nitrogens with zero attached hydrogens (tertiary/aromatic N) is 7. The predicted molar refractivity (Wildman–Crippen MR) is 80.9 cm³/mol. The first-order chi connectivity index (χ1) is 11.3. The van der Waals surface area contributed by atoms with Crippen LogP contribution in [0.4, 0.5) is 0 Å². The highest BCUT2D eigenvalue weighted by molar-refractivity contribution is 5.76. The summed E-state index contributed by atoms with van der Waals surface area (Å²) in [6.45, 7) is 0. The maximum absolute atomic E-state index is 9.07. The first-order valence-electron chi connectivity index (χ1n) is 6.71. The standard InChI is InChI=1S/C16H7N7/c17-8-12-13(9-18)21-16-15(20-12)22-14-7-10(4-6-23(14)16)11-3-1-2-5-19-11/h1-7H. The molecule has 0 aromatic carbocycles. The second-order valence-corrected chi connectivity index (χ2v) is 4.76. The predicted octanol–water partition coefficient (Wildman–Crippen LogP) is 2.08. The van der Waals surface area contributed by atoms with Gasteiger partial charge in [-0.2, -0.15) is 10.5 Å². The highest BCUT2D eigenvalue weighted by Gasteiger charge is 2.13. The molecule has 106 valence electrons. The summed E-state index contributed by atoms with van der Waals surface area (Å²) >= 11 is 0. The van der Waals surface area contributed by atoms with Crippen molar-refractivity contribution >= 4 is 16.9 Å². The van der Waals surface area contributed by atoms with E-state index >= 15 is 0 Å². The fourth-order valence-corrected chi connectivity index (χ4v) is 2.36. The number of fused-ring (bicyclic) bond motifs is 3. The van der Waals surface area contributed by atoms with Crippen molar-refractivity contribution in [1.29, 1.82) is 10.5 Å². The first kappa shape index (κ1) is 12.9. The van der Waals surface area contributed by atoms with Crippen molar-refractivity contribution in [2.24, 2.45) is 0 Å². The quantitative estimate of drug-likeness (QED) is 0.533. The molecular formula is C16H7N7. The van der Waals surface area contributed by atoms with Gasteiger partial charge in [-0.25, -0.2) is 15.0 Å². The minimum Gasteiger partial charge on any atom is -0.283 e. The highest BCUT2D eigenvalue weighted by Crippen LogP contribution is 2.21. The molecule has 4 heterocycles. The van der Waals surface area contributed by atoms with Gasteiger partial charge in [0.25, 0.3) is 0 Å². The van der Waals surface area contributed by atoms with Crippen molar-refractivity contribution in [2.45, 2.75) is 0 Å². The molecule has 23 heavy (non-hydrogen) atoms. The Morgan fingerprint density at radius 2 is 1.78 bits per heavy atom. The van der Waals surface area contributed by atoms with Crippen LogP contribution in [0.2, 0.25) is 0 Å². The lowest BCUT2D eigenvalue weighted by Gasteiger charge is -2.01. The number of nitriles is 2. The molecule has 4 aromatic rings. The van der Waals surface area contributed by atoms with Gasteiger partial charge < -0.3 is 0 Å². The van der Waals surface area contributed by atoms with E-state index in [9.17, 15) is 0 Å². The summed E-state index contributed by atoms with van der Waals surface area (Å²) in [4.78, 5) is 17.0. The Hall–Kier alpha value is -3.84. The van der Waals surface area contributed by atoms with E-state index < -0.39 is 0 Å². The number of hydrogen-bond acceptors (Lipinski definition) is 6. The lowest BCUT2D eigenvalue weighted by molar-refractivity contribution is 1.14. The zero-order valence-electron chi connectivity index (χ0n) is 11.7. The zero-order chi connectivity index (χ0) is 15.8. The molecule has 0 aliphatic rings.